The van der Waals surface area contributed by atoms with Gasteiger partial charge >= 0.3 is 0 Å². The number of carbonyl (C=O) groups is 2. The topological polar surface area (TPSA) is 80.1 Å². The van der Waals surface area contributed by atoms with Crippen molar-refractivity contribution in [2.24, 2.45) is 0 Å². The standard InChI is InChI=1S/C24H25Cl2N5O2S/c1-3-30-22(19-11-6-12-31(19)23(33)16-8-4-7-15(2)13-16)28-29-24(30)34-14-20(32)27-18-10-5-9-17(25)21(18)26/h4-5,7-10,13,19H,3,6,11-12,14H2,1-2H3,(H,27,32). The molecule has 0 spiro atoms. The molecule has 178 valence electrons. The molecular weight excluding hydrogens is 493 g/mol. The molecule has 0 aliphatic carbocycles. The van der Waals surface area contributed by atoms with Crippen molar-refractivity contribution in [1.82, 2.24) is 19.7 Å². The summed E-state index contributed by atoms with van der Waals surface area (Å²) < 4.78 is 1.98. The number of anilines is 1. The summed E-state index contributed by atoms with van der Waals surface area (Å²) in [6.07, 6.45) is 1.73. The molecule has 1 N–H and O–H groups in total. The van der Waals surface area contributed by atoms with Gasteiger partial charge in [0.2, 0.25) is 5.91 Å². The molecule has 0 saturated carbocycles. The van der Waals surface area contributed by atoms with Crippen molar-refractivity contribution in [3.8, 4) is 0 Å². The van der Waals surface area contributed by atoms with E-state index in [0.29, 0.717) is 39.5 Å². The summed E-state index contributed by atoms with van der Waals surface area (Å²) in [5.41, 5.74) is 2.20. The van der Waals surface area contributed by atoms with Crippen molar-refractivity contribution in [2.75, 3.05) is 17.6 Å². The molecule has 1 aromatic heterocycles. The van der Waals surface area contributed by atoms with Crippen LogP contribution in [0.5, 0.6) is 0 Å². The number of benzene rings is 2. The second-order valence-corrected chi connectivity index (χ2v) is 9.78. The number of likely N-dealkylation sites (tertiary alicyclic amines) is 1. The summed E-state index contributed by atoms with van der Waals surface area (Å²) in [6, 6.07) is 12.6. The van der Waals surface area contributed by atoms with Crippen LogP contribution in [0.2, 0.25) is 10.0 Å². The fourth-order valence-corrected chi connectivity index (χ4v) is 5.25. The number of amides is 2. The fourth-order valence-electron chi connectivity index (χ4n) is 4.09. The van der Waals surface area contributed by atoms with E-state index in [-0.39, 0.29) is 23.6 Å². The fraction of sp³-hybridized carbons (Fsp3) is 0.333. The van der Waals surface area contributed by atoms with Crippen molar-refractivity contribution in [3.63, 3.8) is 0 Å². The second-order valence-electron chi connectivity index (χ2n) is 8.05. The summed E-state index contributed by atoms with van der Waals surface area (Å²) in [5, 5.41) is 12.9. The van der Waals surface area contributed by atoms with Crippen molar-refractivity contribution >= 4 is 52.5 Å². The van der Waals surface area contributed by atoms with Crippen LogP contribution in [0.3, 0.4) is 0 Å². The number of halogens is 2. The molecule has 1 fully saturated rings. The Morgan fingerprint density at radius 1 is 1.18 bits per heavy atom. The normalized spacial score (nSPS) is 15.5. The summed E-state index contributed by atoms with van der Waals surface area (Å²) in [7, 11) is 0. The zero-order valence-electron chi connectivity index (χ0n) is 18.9. The van der Waals surface area contributed by atoms with E-state index in [1.54, 1.807) is 18.2 Å². The summed E-state index contributed by atoms with van der Waals surface area (Å²) in [5.74, 6) is 0.668. The van der Waals surface area contributed by atoms with Crippen LogP contribution in [0.4, 0.5) is 5.69 Å². The minimum absolute atomic E-state index is 0.00355. The molecule has 10 heteroatoms. The number of hydrogen-bond acceptors (Lipinski definition) is 5. The summed E-state index contributed by atoms with van der Waals surface area (Å²) in [4.78, 5) is 27.6. The van der Waals surface area contributed by atoms with Crippen LogP contribution in [0, 0.1) is 6.92 Å². The third kappa shape index (κ3) is 5.24. The van der Waals surface area contributed by atoms with E-state index < -0.39 is 0 Å². The molecule has 0 radical (unpaired) electrons. The molecule has 1 aliphatic rings. The molecular formula is C24H25Cl2N5O2S. The van der Waals surface area contributed by atoms with Gasteiger partial charge in [-0.25, -0.2) is 0 Å². The summed E-state index contributed by atoms with van der Waals surface area (Å²) >= 11 is 13.5. The van der Waals surface area contributed by atoms with Crippen LogP contribution < -0.4 is 5.32 Å². The van der Waals surface area contributed by atoms with Gasteiger partial charge in [0.05, 0.1) is 27.5 Å². The van der Waals surface area contributed by atoms with Crippen LogP contribution in [-0.4, -0.2) is 43.8 Å². The van der Waals surface area contributed by atoms with Gasteiger partial charge in [-0.15, -0.1) is 10.2 Å². The largest absolute Gasteiger partial charge is 0.328 e. The highest BCUT2D eigenvalue weighted by Crippen LogP contribution is 2.34. The molecule has 7 nitrogen and oxygen atoms in total. The van der Waals surface area contributed by atoms with Gasteiger partial charge in [0.15, 0.2) is 11.0 Å². The van der Waals surface area contributed by atoms with Crippen LogP contribution >= 0.6 is 35.0 Å². The molecule has 2 aromatic carbocycles. The lowest BCUT2D eigenvalue weighted by Crippen LogP contribution is -2.32. The molecule has 4 rings (SSSR count). The van der Waals surface area contributed by atoms with Crippen LogP contribution in [0.25, 0.3) is 0 Å². The number of aromatic nitrogens is 3. The van der Waals surface area contributed by atoms with Crippen LogP contribution in [0.15, 0.2) is 47.6 Å². The average molecular weight is 518 g/mol. The first kappa shape index (κ1) is 24.6. The van der Waals surface area contributed by atoms with Crippen molar-refractivity contribution in [1.29, 1.82) is 0 Å². The summed E-state index contributed by atoms with van der Waals surface area (Å²) in [6.45, 7) is 5.30. The Morgan fingerprint density at radius 3 is 2.74 bits per heavy atom. The number of nitrogens with zero attached hydrogens (tertiary/aromatic N) is 4. The minimum Gasteiger partial charge on any atom is -0.328 e. The zero-order chi connectivity index (χ0) is 24.2. The number of thioether (sulfide) groups is 1. The zero-order valence-corrected chi connectivity index (χ0v) is 21.3. The van der Waals surface area contributed by atoms with Gasteiger partial charge in [-0.2, -0.15) is 0 Å². The van der Waals surface area contributed by atoms with Gasteiger partial charge in [-0.05, 0) is 51.0 Å². The maximum atomic E-state index is 13.2. The number of aryl methyl sites for hydroxylation is 1. The van der Waals surface area contributed by atoms with Crippen LogP contribution in [-0.2, 0) is 11.3 Å². The number of nitrogens with one attached hydrogen (secondary N) is 1. The Labute approximate surface area is 212 Å². The third-order valence-corrected chi connectivity index (χ3v) is 7.48. The molecule has 34 heavy (non-hydrogen) atoms. The first-order chi connectivity index (χ1) is 16.4. The van der Waals surface area contributed by atoms with Gasteiger partial charge < -0.3 is 14.8 Å². The average Bonchev–Trinajstić information content (AvgIpc) is 3.46. The van der Waals surface area contributed by atoms with Gasteiger partial charge in [0, 0.05) is 18.7 Å². The van der Waals surface area contributed by atoms with Crippen molar-refractivity contribution in [3.05, 3.63) is 69.5 Å². The molecule has 1 saturated heterocycles. The lowest BCUT2D eigenvalue weighted by molar-refractivity contribution is -0.113. The molecule has 2 heterocycles. The Balaban J connectivity index is 1.47. The molecule has 3 aromatic rings. The number of carbonyl (C=O) groups excluding carboxylic acids is 2. The van der Waals surface area contributed by atoms with Gasteiger partial charge in [-0.3, -0.25) is 9.59 Å². The molecule has 1 aliphatic heterocycles. The van der Waals surface area contributed by atoms with Crippen molar-refractivity contribution < 1.29 is 9.59 Å². The van der Waals surface area contributed by atoms with E-state index in [4.69, 9.17) is 23.2 Å². The van der Waals surface area contributed by atoms with Crippen LogP contribution in [0.1, 0.15) is 47.6 Å². The van der Waals surface area contributed by atoms with Gasteiger partial charge in [-0.1, -0.05) is 58.7 Å². The Kier molecular flexibility index (Phi) is 7.80. The predicted octanol–water partition coefficient (Wildman–Crippen LogP) is 5.62. The SMILES string of the molecule is CCn1c(SCC(=O)Nc2cccc(Cl)c2Cl)nnc1C1CCCN1C(=O)c1cccc(C)c1. The number of hydrogen-bond donors (Lipinski definition) is 1. The van der Waals surface area contributed by atoms with E-state index in [1.807, 2.05) is 47.6 Å². The quantitative estimate of drug-likeness (QED) is 0.411. The monoisotopic (exact) mass is 517 g/mol. The molecule has 2 amide bonds. The first-order valence-corrected chi connectivity index (χ1v) is 12.8. The number of rotatable bonds is 7. The van der Waals surface area contributed by atoms with E-state index in [1.165, 1.54) is 11.8 Å². The Hall–Kier alpha value is -2.55. The second kappa shape index (κ2) is 10.8. The predicted molar refractivity (Wildman–Crippen MR) is 136 cm³/mol. The highest BCUT2D eigenvalue weighted by atomic mass is 35.5. The molecule has 0 bridgehead atoms. The Morgan fingerprint density at radius 2 is 1.97 bits per heavy atom. The third-order valence-electron chi connectivity index (χ3n) is 5.70. The maximum absolute atomic E-state index is 13.2. The highest BCUT2D eigenvalue weighted by molar-refractivity contribution is 7.99. The van der Waals surface area contributed by atoms with E-state index in [2.05, 4.69) is 15.5 Å². The van der Waals surface area contributed by atoms with Gasteiger partial charge in [0.1, 0.15) is 0 Å². The van der Waals surface area contributed by atoms with Crippen molar-refractivity contribution in [2.45, 2.75) is 44.4 Å². The van der Waals surface area contributed by atoms with E-state index in [0.717, 1.165) is 24.2 Å². The minimum atomic E-state index is -0.224. The highest BCUT2D eigenvalue weighted by Gasteiger charge is 2.34. The lowest BCUT2D eigenvalue weighted by Gasteiger charge is -2.24. The lowest BCUT2D eigenvalue weighted by atomic mass is 10.1. The van der Waals surface area contributed by atoms with Gasteiger partial charge in [0.25, 0.3) is 5.91 Å². The van der Waals surface area contributed by atoms with E-state index >= 15 is 0 Å². The molecule has 1 unspecified atom stereocenters. The Bertz CT molecular complexity index is 1220. The van der Waals surface area contributed by atoms with E-state index in [9.17, 15) is 9.59 Å². The molecule has 1 atom stereocenters. The smallest absolute Gasteiger partial charge is 0.254 e. The maximum Gasteiger partial charge on any atom is 0.254 e. The first-order valence-electron chi connectivity index (χ1n) is 11.1.